The summed E-state index contributed by atoms with van der Waals surface area (Å²) in [6, 6.07) is 5.77. The molecule has 4 N–H and O–H groups in total. The summed E-state index contributed by atoms with van der Waals surface area (Å²) in [5.41, 5.74) is -2.60. The maximum atomic E-state index is 11.6. The van der Waals surface area contributed by atoms with Crippen LogP contribution in [0.3, 0.4) is 0 Å². The third-order valence-corrected chi connectivity index (χ3v) is 2.98. The van der Waals surface area contributed by atoms with Crippen LogP contribution in [0.4, 0.5) is 0 Å². The molecule has 0 radical (unpaired) electrons. The van der Waals surface area contributed by atoms with Crippen LogP contribution in [-0.4, -0.2) is 32.3 Å². The highest BCUT2D eigenvalue weighted by Gasteiger charge is 2.46. The third-order valence-electron chi connectivity index (χ3n) is 2.98. The molecule has 0 heterocycles. The molecule has 1 aromatic rings. The number of aliphatic hydroxyl groups excluding tert-OH is 2. The van der Waals surface area contributed by atoms with Gasteiger partial charge in [0.05, 0.1) is 11.8 Å². The summed E-state index contributed by atoms with van der Waals surface area (Å²) in [6.07, 6.45) is 1.17. The highest BCUT2D eigenvalue weighted by Crippen LogP contribution is 2.40. The van der Waals surface area contributed by atoms with E-state index >= 15 is 0 Å². The lowest BCUT2D eigenvalue weighted by molar-refractivity contribution is -0.117. The number of ketones is 1. The van der Waals surface area contributed by atoms with Crippen LogP contribution in [0.15, 0.2) is 48.3 Å². The van der Waals surface area contributed by atoms with Crippen molar-refractivity contribution in [2.24, 2.45) is 0 Å². The van der Waals surface area contributed by atoms with Crippen molar-refractivity contribution < 1.29 is 25.2 Å². The normalized spacial score (nSPS) is 29.8. The second-order valence-corrected chi connectivity index (χ2v) is 3.99. The molecule has 0 amide bonds. The number of carbonyl (C=O) groups excluding carboxylic acids is 1. The van der Waals surface area contributed by atoms with Crippen molar-refractivity contribution in [3.8, 4) is 5.75 Å². The number of carbonyl (C=O) groups is 1. The van der Waals surface area contributed by atoms with E-state index in [0.717, 1.165) is 12.2 Å². The lowest BCUT2D eigenvalue weighted by Crippen LogP contribution is -2.45. The Hall–Kier alpha value is -2.11. The van der Waals surface area contributed by atoms with Crippen LogP contribution in [0, 0.1) is 0 Å². The van der Waals surface area contributed by atoms with E-state index in [-0.39, 0.29) is 16.9 Å². The predicted octanol–water partition coefficient (Wildman–Crippen LogP) is 0.521. The average Bonchev–Trinajstić information content (AvgIpc) is 2.35. The molecule has 5 nitrogen and oxygen atoms in total. The smallest absolute Gasteiger partial charge is 0.188 e. The van der Waals surface area contributed by atoms with Gasteiger partial charge in [0.1, 0.15) is 11.9 Å². The summed E-state index contributed by atoms with van der Waals surface area (Å²) in [7, 11) is 0. The number of hydrogen-bond donors (Lipinski definition) is 4. The zero-order valence-corrected chi connectivity index (χ0v) is 9.32. The van der Waals surface area contributed by atoms with Crippen LogP contribution in [0.2, 0.25) is 0 Å². The quantitative estimate of drug-likeness (QED) is 0.429. The molecule has 5 heteroatoms. The van der Waals surface area contributed by atoms with Gasteiger partial charge < -0.3 is 20.4 Å². The number of phenolic OH excluding ortho intramolecular Hbond substituents is 1. The van der Waals surface area contributed by atoms with E-state index in [1.54, 1.807) is 0 Å². The third kappa shape index (κ3) is 1.61. The fourth-order valence-corrected chi connectivity index (χ4v) is 2.02. The Morgan fingerprint density at radius 2 is 1.94 bits per heavy atom. The van der Waals surface area contributed by atoms with Crippen molar-refractivity contribution in [1.82, 2.24) is 0 Å². The molecule has 0 saturated heterocycles. The minimum Gasteiger partial charge on any atom is -0.515 e. The largest absolute Gasteiger partial charge is 0.515 e. The van der Waals surface area contributed by atoms with Crippen molar-refractivity contribution in [3.05, 3.63) is 53.8 Å². The highest BCUT2D eigenvalue weighted by molar-refractivity contribution is 6.06. The van der Waals surface area contributed by atoms with Gasteiger partial charge in [0.25, 0.3) is 0 Å². The topological polar surface area (TPSA) is 98.0 Å². The molecule has 1 aliphatic carbocycles. The molecule has 0 aromatic heterocycles. The molecule has 1 aliphatic rings. The molecule has 0 fully saturated rings. The van der Waals surface area contributed by atoms with Crippen LogP contribution in [0.25, 0.3) is 0 Å². The van der Waals surface area contributed by atoms with Gasteiger partial charge in [-0.2, -0.15) is 0 Å². The van der Waals surface area contributed by atoms with Gasteiger partial charge in [-0.15, -0.1) is 0 Å². The van der Waals surface area contributed by atoms with E-state index < -0.39 is 17.5 Å². The summed E-state index contributed by atoms with van der Waals surface area (Å²) in [4.78, 5) is 11.6. The Morgan fingerprint density at radius 3 is 2.56 bits per heavy atom. The average molecular weight is 248 g/mol. The van der Waals surface area contributed by atoms with E-state index in [1.165, 1.54) is 24.3 Å². The fourth-order valence-electron chi connectivity index (χ4n) is 2.02. The van der Waals surface area contributed by atoms with E-state index in [9.17, 15) is 20.1 Å². The first kappa shape index (κ1) is 12.3. The summed E-state index contributed by atoms with van der Waals surface area (Å²) in [5.74, 6) is -0.907. The first-order chi connectivity index (χ1) is 8.51. The van der Waals surface area contributed by atoms with Crippen molar-refractivity contribution in [2.45, 2.75) is 11.7 Å². The van der Waals surface area contributed by atoms with E-state index in [1.807, 2.05) is 0 Å². The van der Waals surface area contributed by atoms with E-state index in [2.05, 4.69) is 0 Å². The minimum atomic E-state index is -2.16. The SMILES string of the molecule is O=C1C=CC(O)C(O)(c2ccccc2O)C1=CO. The second kappa shape index (κ2) is 4.29. The predicted molar refractivity (Wildman–Crippen MR) is 62.9 cm³/mol. The van der Waals surface area contributed by atoms with Gasteiger partial charge in [-0.25, -0.2) is 0 Å². The summed E-state index contributed by atoms with van der Waals surface area (Å²) < 4.78 is 0. The van der Waals surface area contributed by atoms with Crippen molar-refractivity contribution in [1.29, 1.82) is 0 Å². The number of allylic oxidation sites excluding steroid dienone is 1. The zero-order chi connectivity index (χ0) is 13.3. The number of phenols is 1. The van der Waals surface area contributed by atoms with Crippen molar-refractivity contribution in [3.63, 3.8) is 0 Å². The summed E-state index contributed by atoms with van der Waals surface area (Å²) >= 11 is 0. The Kier molecular flexibility index (Phi) is 2.94. The Balaban J connectivity index is 2.68. The molecular formula is C13H12O5. The highest BCUT2D eigenvalue weighted by atomic mass is 16.3. The second-order valence-electron chi connectivity index (χ2n) is 3.99. The lowest BCUT2D eigenvalue weighted by atomic mass is 9.76. The van der Waals surface area contributed by atoms with Crippen LogP contribution in [0.1, 0.15) is 5.56 Å². The number of aromatic hydroxyl groups is 1. The van der Waals surface area contributed by atoms with E-state index in [0.29, 0.717) is 6.26 Å². The first-order valence-corrected chi connectivity index (χ1v) is 5.28. The Bertz CT molecular complexity index is 546. The van der Waals surface area contributed by atoms with Crippen LogP contribution in [-0.2, 0) is 10.4 Å². The van der Waals surface area contributed by atoms with Gasteiger partial charge in [-0.05, 0) is 18.2 Å². The van der Waals surface area contributed by atoms with Crippen LogP contribution >= 0.6 is 0 Å². The number of benzene rings is 1. The first-order valence-electron chi connectivity index (χ1n) is 5.28. The molecule has 1 aromatic carbocycles. The molecule has 0 spiro atoms. The summed E-state index contributed by atoms with van der Waals surface area (Å²) in [6.45, 7) is 0. The number of rotatable bonds is 1. The lowest BCUT2D eigenvalue weighted by Gasteiger charge is -2.35. The number of aliphatic hydroxyl groups is 3. The minimum absolute atomic E-state index is 0.0458. The van der Waals surface area contributed by atoms with Crippen molar-refractivity contribution >= 4 is 5.78 Å². The molecule has 2 rings (SSSR count). The van der Waals surface area contributed by atoms with Gasteiger partial charge in [0, 0.05) is 5.56 Å². The molecule has 0 saturated carbocycles. The molecule has 2 unspecified atom stereocenters. The maximum absolute atomic E-state index is 11.6. The van der Waals surface area contributed by atoms with Crippen LogP contribution in [0.5, 0.6) is 5.75 Å². The van der Waals surface area contributed by atoms with Gasteiger partial charge in [-0.1, -0.05) is 18.2 Å². The monoisotopic (exact) mass is 248 g/mol. The standard InChI is InChI=1S/C13H12O5/c14-7-9-11(16)5-6-12(17)13(9,18)8-3-1-2-4-10(8)15/h1-7,12,14-15,17-18H. The van der Waals surface area contributed by atoms with Gasteiger partial charge in [0.15, 0.2) is 11.4 Å². The molecule has 2 atom stereocenters. The molecule has 0 aliphatic heterocycles. The van der Waals surface area contributed by atoms with E-state index in [4.69, 9.17) is 5.11 Å². The Morgan fingerprint density at radius 1 is 1.28 bits per heavy atom. The molecule has 0 bridgehead atoms. The van der Waals surface area contributed by atoms with Crippen molar-refractivity contribution in [2.75, 3.05) is 0 Å². The maximum Gasteiger partial charge on any atom is 0.188 e. The van der Waals surface area contributed by atoms with Gasteiger partial charge in [-0.3, -0.25) is 4.79 Å². The number of para-hydroxylation sites is 1. The molecule has 18 heavy (non-hydrogen) atoms. The Labute approximate surface area is 103 Å². The molecule has 94 valence electrons. The molecular weight excluding hydrogens is 236 g/mol. The zero-order valence-electron chi connectivity index (χ0n) is 9.32. The van der Waals surface area contributed by atoms with Gasteiger partial charge >= 0.3 is 0 Å². The summed E-state index contributed by atoms with van der Waals surface area (Å²) in [5, 5.41) is 39.2. The van der Waals surface area contributed by atoms with Gasteiger partial charge in [0.2, 0.25) is 0 Å². The fraction of sp³-hybridized carbons (Fsp3) is 0.154. The number of hydrogen-bond acceptors (Lipinski definition) is 5. The van der Waals surface area contributed by atoms with Crippen LogP contribution < -0.4 is 0 Å².